The molecule has 1 aromatic carbocycles. The van der Waals surface area contributed by atoms with E-state index in [1.165, 1.54) is 16.8 Å². The van der Waals surface area contributed by atoms with Gasteiger partial charge in [-0.3, -0.25) is 0 Å². The van der Waals surface area contributed by atoms with Crippen LogP contribution in [0.4, 0.5) is 0 Å². The van der Waals surface area contributed by atoms with Gasteiger partial charge in [0.05, 0.1) is 0 Å². The fourth-order valence-electron chi connectivity index (χ4n) is 2.12. The Bertz CT molecular complexity index is 476. The second-order valence-electron chi connectivity index (χ2n) is 5.92. The Morgan fingerprint density at radius 2 is 1.72 bits per heavy atom. The van der Waals surface area contributed by atoms with Crippen molar-refractivity contribution in [1.29, 1.82) is 0 Å². The zero-order valence-electron chi connectivity index (χ0n) is 11.7. The minimum Gasteiger partial charge on any atom is -0.365 e. The van der Waals surface area contributed by atoms with E-state index in [4.69, 9.17) is 4.99 Å². The van der Waals surface area contributed by atoms with Crippen LogP contribution >= 0.6 is 0 Å². The van der Waals surface area contributed by atoms with Crippen LogP contribution in [0.2, 0.25) is 0 Å². The third-order valence-electron chi connectivity index (χ3n) is 2.94. The monoisotopic (exact) mass is 242 g/mol. The quantitative estimate of drug-likeness (QED) is 0.833. The summed E-state index contributed by atoms with van der Waals surface area (Å²) in [5.41, 5.74) is 3.86. The van der Waals surface area contributed by atoms with Crippen molar-refractivity contribution in [3.8, 4) is 0 Å². The Balaban J connectivity index is 2.41. The van der Waals surface area contributed by atoms with Gasteiger partial charge in [-0.1, -0.05) is 30.3 Å². The molecule has 0 aromatic heterocycles. The third kappa shape index (κ3) is 3.22. The van der Waals surface area contributed by atoms with Gasteiger partial charge < -0.3 is 5.32 Å². The van der Waals surface area contributed by atoms with Gasteiger partial charge in [0.25, 0.3) is 0 Å². The highest BCUT2D eigenvalue weighted by Gasteiger charge is 2.18. The minimum absolute atomic E-state index is 0.0382. The highest BCUT2D eigenvalue weighted by atomic mass is 15.1. The molecule has 0 radical (unpaired) electrons. The minimum atomic E-state index is 0.0382. The Hall–Kier alpha value is -1.57. The van der Waals surface area contributed by atoms with Crippen LogP contribution in [-0.2, 0) is 0 Å². The van der Waals surface area contributed by atoms with E-state index in [0.29, 0.717) is 0 Å². The summed E-state index contributed by atoms with van der Waals surface area (Å²) < 4.78 is 0. The van der Waals surface area contributed by atoms with Crippen LogP contribution in [0.5, 0.6) is 0 Å². The molecular formula is C16H22N2. The molecule has 1 aliphatic rings. The van der Waals surface area contributed by atoms with E-state index >= 15 is 0 Å². The van der Waals surface area contributed by atoms with Crippen molar-refractivity contribution in [3.05, 3.63) is 41.7 Å². The Morgan fingerprint density at radius 1 is 1.06 bits per heavy atom. The first-order chi connectivity index (χ1) is 8.46. The molecule has 0 saturated heterocycles. The Labute approximate surface area is 110 Å². The van der Waals surface area contributed by atoms with Crippen molar-refractivity contribution >= 4 is 11.3 Å². The van der Waals surface area contributed by atoms with Crippen LogP contribution in [0.1, 0.15) is 46.1 Å². The van der Waals surface area contributed by atoms with Crippen LogP contribution in [0.25, 0.3) is 5.57 Å². The number of aliphatic imine (C=N–C) groups is 1. The fraction of sp³-hybridized carbons (Fsp3) is 0.438. The molecule has 2 heteroatoms. The maximum Gasteiger partial charge on any atom is 0.130 e. The van der Waals surface area contributed by atoms with Gasteiger partial charge >= 0.3 is 0 Å². The standard InChI is InChI=1S/C16H22N2/c1-12-10-11-14(13-8-6-5-7-9-13)15(17-12)18-16(2,3)4/h5-9,18H,10-11H2,1-4H3. The molecular weight excluding hydrogens is 220 g/mol. The molecule has 0 amide bonds. The van der Waals surface area contributed by atoms with Gasteiger partial charge in [0.2, 0.25) is 0 Å². The third-order valence-corrected chi connectivity index (χ3v) is 2.94. The van der Waals surface area contributed by atoms with Gasteiger partial charge in [-0.2, -0.15) is 0 Å². The lowest BCUT2D eigenvalue weighted by atomic mass is 9.96. The number of nitrogens with zero attached hydrogens (tertiary/aromatic N) is 1. The molecule has 1 aliphatic heterocycles. The van der Waals surface area contributed by atoms with Crippen molar-refractivity contribution in [2.45, 2.75) is 46.1 Å². The zero-order chi connectivity index (χ0) is 13.2. The smallest absolute Gasteiger partial charge is 0.130 e. The highest BCUT2D eigenvalue weighted by Crippen LogP contribution is 2.28. The SMILES string of the molecule is CC1=NC(NC(C)(C)C)=C(c2ccccc2)CC1. The maximum atomic E-state index is 4.71. The average molecular weight is 242 g/mol. The first kappa shape index (κ1) is 12.9. The molecule has 0 saturated carbocycles. The lowest BCUT2D eigenvalue weighted by molar-refractivity contribution is 0.470. The number of hydrogen-bond donors (Lipinski definition) is 1. The number of rotatable bonds is 2. The van der Waals surface area contributed by atoms with E-state index in [0.717, 1.165) is 18.7 Å². The summed E-state index contributed by atoms with van der Waals surface area (Å²) in [5.74, 6) is 1.04. The summed E-state index contributed by atoms with van der Waals surface area (Å²) >= 11 is 0. The average Bonchev–Trinajstić information content (AvgIpc) is 2.28. The van der Waals surface area contributed by atoms with E-state index < -0.39 is 0 Å². The lowest BCUT2D eigenvalue weighted by Crippen LogP contribution is -2.36. The summed E-state index contributed by atoms with van der Waals surface area (Å²) in [6.07, 6.45) is 2.12. The molecule has 0 spiro atoms. The van der Waals surface area contributed by atoms with Crippen LogP contribution in [-0.4, -0.2) is 11.3 Å². The molecule has 0 atom stereocenters. The lowest BCUT2D eigenvalue weighted by Gasteiger charge is -2.27. The summed E-state index contributed by atoms with van der Waals surface area (Å²) in [4.78, 5) is 4.71. The van der Waals surface area contributed by atoms with E-state index in [2.05, 4.69) is 63.3 Å². The van der Waals surface area contributed by atoms with Crippen LogP contribution in [0.15, 0.2) is 41.1 Å². The van der Waals surface area contributed by atoms with Crippen molar-refractivity contribution in [3.63, 3.8) is 0 Å². The van der Waals surface area contributed by atoms with E-state index in [9.17, 15) is 0 Å². The molecule has 1 N–H and O–H groups in total. The van der Waals surface area contributed by atoms with Crippen LogP contribution in [0, 0.1) is 0 Å². The number of allylic oxidation sites excluding steroid dienone is 1. The zero-order valence-corrected chi connectivity index (χ0v) is 11.7. The van der Waals surface area contributed by atoms with Gasteiger partial charge in [0, 0.05) is 16.8 Å². The Kier molecular flexibility index (Phi) is 3.55. The molecule has 0 unspecified atom stereocenters. The highest BCUT2D eigenvalue weighted by molar-refractivity contribution is 5.88. The van der Waals surface area contributed by atoms with E-state index in [1.54, 1.807) is 0 Å². The van der Waals surface area contributed by atoms with Crippen molar-refractivity contribution in [1.82, 2.24) is 5.32 Å². The van der Waals surface area contributed by atoms with Gasteiger partial charge in [-0.05, 0) is 46.1 Å². The molecule has 2 rings (SSSR count). The number of benzene rings is 1. The molecule has 96 valence electrons. The molecule has 18 heavy (non-hydrogen) atoms. The molecule has 1 aromatic rings. The predicted octanol–water partition coefficient (Wildman–Crippen LogP) is 4.00. The normalized spacial score (nSPS) is 16.6. The van der Waals surface area contributed by atoms with Gasteiger partial charge in [0.15, 0.2) is 0 Å². The summed E-state index contributed by atoms with van der Waals surface area (Å²) in [6.45, 7) is 8.61. The molecule has 2 nitrogen and oxygen atoms in total. The van der Waals surface area contributed by atoms with Crippen molar-refractivity contribution < 1.29 is 0 Å². The second kappa shape index (κ2) is 4.97. The molecule has 0 bridgehead atoms. The maximum absolute atomic E-state index is 4.71. The van der Waals surface area contributed by atoms with E-state index in [-0.39, 0.29) is 5.54 Å². The van der Waals surface area contributed by atoms with Crippen LogP contribution in [0.3, 0.4) is 0 Å². The summed E-state index contributed by atoms with van der Waals surface area (Å²) in [5, 5.41) is 3.53. The Morgan fingerprint density at radius 3 is 2.33 bits per heavy atom. The summed E-state index contributed by atoms with van der Waals surface area (Å²) in [6, 6.07) is 10.5. The number of nitrogens with one attached hydrogen (secondary N) is 1. The number of hydrogen-bond acceptors (Lipinski definition) is 2. The fourth-order valence-corrected chi connectivity index (χ4v) is 2.12. The first-order valence-corrected chi connectivity index (χ1v) is 6.57. The van der Waals surface area contributed by atoms with Crippen molar-refractivity contribution in [2.24, 2.45) is 4.99 Å². The van der Waals surface area contributed by atoms with Gasteiger partial charge in [-0.25, -0.2) is 4.99 Å². The van der Waals surface area contributed by atoms with Gasteiger partial charge in [-0.15, -0.1) is 0 Å². The van der Waals surface area contributed by atoms with Crippen LogP contribution < -0.4 is 5.32 Å². The topological polar surface area (TPSA) is 24.4 Å². The van der Waals surface area contributed by atoms with Crippen molar-refractivity contribution in [2.75, 3.05) is 0 Å². The molecule has 1 heterocycles. The molecule has 0 aliphatic carbocycles. The predicted molar refractivity (Wildman–Crippen MR) is 78.6 cm³/mol. The second-order valence-corrected chi connectivity index (χ2v) is 5.92. The van der Waals surface area contributed by atoms with E-state index in [1.807, 2.05) is 0 Å². The molecule has 0 fully saturated rings. The summed E-state index contributed by atoms with van der Waals surface area (Å²) in [7, 11) is 0. The largest absolute Gasteiger partial charge is 0.365 e. The first-order valence-electron chi connectivity index (χ1n) is 6.57. The van der Waals surface area contributed by atoms with Gasteiger partial charge in [0.1, 0.15) is 5.82 Å².